The molecule has 0 unspecified atom stereocenters. The number of terminal acetylenes is 1. The number of nitrogens with zero attached hydrogens (tertiary/aromatic N) is 5. The molecule has 0 aliphatic carbocycles. The van der Waals surface area contributed by atoms with Gasteiger partial charge in [0.25, 0.3) is 17.7 Å². The van der Waals surface area contributed by atoms with Gasteiger partial charge in [0, 0.05) is 22.5 Å². The van der Waals surface area contributed by atoms with Crippen LogP contribution in [0.25, 0.3) is 20.7 Å². The van der Waals surface area contributed by atoms with E-state index in [0.29, 0.717) is 56.0 Å². The minimum atomic E-state index is -1.16. The Labute approximate surface area is 384 Å². The number of halogens is 2. The van der Waals surface area contributed by atoms with Crippen LogP contribution in [0.15, 0.2) is 109 Å². The Morgan fingerprint density at radius 1 is 0.754 bits per heavy atom. The molecule has 11 N–H and O–H groups in total. The van der Waals surface area contributed by atoms with E-state index in [1.165, 1.54) is 18.5 Å². The van der Waals surface area contributed by atoms with Crippen molar-refractivity contribution in [2.24, 2.45) is 5.84 Å². The highest BCUT2D eigenvalue weighted by Gasteiger charge is 2.21. The molecular weight excluding hydrogens is 881 g/mol. The van der Waals surface area contributed by atoms with E-state index in [-0.39, 0.29) is 16.0 Å². The number of amides is 3. The lowest BCUT2D eigenvalue weighted by atomic mass is 10.1. The molecule has 5 aromatic carbocycles. The van der Waals surface area contributed by atoms with Crippen LogP contribution in [-0.4, -0.2) is 84.7 Å². The number of carboxylic acid groups (broad SMARTS) is 1. The lowest BCUT2D eigenvalue weighted by Gasteiger charge is -2.19. The predicted octanol–water partition coefficient (Wildman–Crippen LogP) is 5.70. The number of hydrazine groups is 2. The largest absolute Gasteiger partial charge is 0.480 e. The Morgan fingerprint density at radius 3 is 1.63 bits per heavy atom. The second kappa shape index (κ2) is 27.7. The van der Waals surface area contributed by atoms with Gasteiger partial charge in [-0.15, -0.1) is 17.9 Å². The monoisotopic (exact) mass is 924 g/mol. The smallest absolute Gasteiger partial charge is 0.328 e. The lowest BCUT2D eigenvalue weighted by molar-refractivity contribution is -0.138. The topological polar surface area (TPSA) is 275 Å². The van der Waals surface area contributed by atoms with Crippen molar-refractivity contribution in [3.05, 3.63) is 164 Å². The quantitative estimate of drug-likeness (QED) is 0.0198. The maximum Gasteiger partial charge on any atom is 0.328 e. The summed E-state index contributed by atoms with van der Waals surface area (Å²) in [5.41, 5.74) is 11.7. The summed E-state index contributed by atoms with van der Waals surface area (Å²) in [6, 6.07) is 28.5. The summed E-state index contributed by atoms with van der Waals surface area (Å²) in [6.45, 7) is 16.3. The van der Waals surface area contributed by atoms with E-state index in [9.17, 15) is 24.3 Å². The van der Waals surface area contributed by atoms with E-state index in [1.807, 2.05) is 23.6 Å². The van der Waals surface area contributed by atoms with Crippen molar-refractivity contribution in [3.8, 4) is 12.8 Å². The summed E-state index contributed by atoms with van der Waals surface area (Å²) in [5.74, 6) is 2.39. The maximum atomic E-state index is 12.2. The van der Waals surface area contributed by atoms with E-state index >= 15 is 0 Å². The van der Waals surface area contributed by atoms with E-state index in [2.05, 4.69) is 47.9 Å². The van der Waals surface area contributed by atoms with Crippen molar-refractivity contribution in [1.82, 2.24) is 31.4 Å². The highest BCUT2D eigenvalue weighted by atomic mass is 35.5. The highest BCUT2D eigenvalue weighted by Crippen LogP contribution is 2.34. The molecule has 0 saturated carbocycles. The van der Waals surface area contributed by atoms with Gasteiger partial charge >= 0.3 is 5.97 Å². The molecule has 0 radical (unpaired) electrons. The molecule has 19 nitrogen and oxygen atoms in total. The molecule has 336 valence electrons. The molecule has 0 saturated heterocycles. The molecule has 65 heavy (non-hydrogen) atoms. The molecule has 0 spiro atoms. The Balaban J connectivity index is 0.000000319. The fraction of sp³-hybridized carbons (Fsp3) is 0.136. The summed E-state index contributed by atoms with van der Waals surface area (Å²) in [4.78, 5) is 53.0. The molecule has 2 atom stereocenters. The second-order valence-corrected chi connectivity index (χ2v) is 13.3. The second-order valence-electron chi connectivity index (χ2n) is 12.6. The molecule has 3 amide bonds. The van der Waals surface area contributed by atoms with Crippen molar-refractivity contribution in [2.45, 2.75) is 25.9 Å². The van der Waals surface area contributed by atoms with Crippen molar-refractivity contribution in [1.29, 1.82) is 0 Å². The average molecular weight is 926 g/mol. The molecule has 6 aromatic rings. The number of nitrogen functional groups attached to an aromatic ring is 1. The number of aliphatic carboxylic acids is 1. The number of nitrogens with two attached hydrogens (primary N) is 1. The molecule has 0 aliphatic heterocycles. The zero-order valence-electron chi connectivity index (χ0n) is 35.5. The third kappa shape index (κ3) is 15.9. The number of aromatic nitrogens is 3. The fourth-order valence-electron chi connectivity index (χ4n) is 4.98. The Kier molecular flexibility index (Phi) is 21.8. The number of para-hydroxylation sites is 1. The molecule has 21 heteroatoms. The number of carboxylic acids is 1. The predicted molar refractivity (Wildman–Crippen MR) is 246 cm³/mol. The van der Waals surface area contributed by atoms with Gasteiger partial charge in [0.05, 0.1) is 36.4 Å². The number of carbonyl (C=O) groups is 4. The first-order chi connectivity index (χ1) is 31.6. The van der Waals surface area contributed by atoms with Gasteiger partial charge < -0.3 is 31.2 Å². The number of hydrogen-bond donors (Lipinski definition) is 10. The van der Waals surface area contributed by atoms with Crippen molar-refractivity contribution in [3.63, 3.8) is 0 Å². The standard InChI is InChI=1S/C18H17ClN4O3.C11H11ClN2O3.C7H8N2O.C6H5N3O.C2H2/c1-11-13(8-9-14(20-2)16(11)19)21-15(10-24)18(26)23-22-17(25)12-6-4-3-5-7-12;1-6-7(14-9(5-15)11(16)17)3-4-8(13-2)10(6)12;8-9-7(10)6-4-2-1-3-5-6;10-9-6-4-2-1-3-5(6)7-8-9;1-2/h3-9,15,21,24H,10H2,1H3,(H,22,25)(H,23,26);3-4,9,14-15H,5H2,1H3,(H,16,17);1-5H,8H2,(H,9,10);1-4,10H;1-2H/t15-;9-;;;/m11.../s1/i;;;;1D. The number of hydrogen-bond acceptors (Lipinski definition) is 12. The summed E-state index contributed by atoms with van der Waals surface area (Å²) < 4.78 is 5.74. The van der Waals surface area contributed by atoms with Crippen LogP contribution in [0.2, 0.25) is 10.0 Å². The number of rotatable bonds is 10. The van der Waals surface area contributed by atoms with E-state index in [0.717, 1.165) is 4.85 Å². The lowest BCUT2D eigenvalue weighted by Crippen LogP contribution is -2.50. The van der Waals surface area contributed by atoms with E-state index in [1.54, 1.807) is 92.7 Å². The third-order valence-corrected chi connectivity index (χ3v) is 9.40. The van der Waals surface area contributed by atoms with E-state index in [4.69, 9.17) is 59.0 Å². The normalized spacial score (nSPS) is 10.6. The van der Waals surface area contributed by atoms with Crippen LogP contribution < -0.4 is 32.8 Å². The number of anilines is 2. The first-order valence-corrected chi connectivity index (χ1v) is 19.3. The SMILES string of the molecule is NNC(=O)c1ccccc1.On1nnc2ccccc21.[2H]C#C.[C-]#[N+]c1ccc(N[C@H](CO)C(=O)NNC(=O)c2ccccc2)c(C)c1Cl.[C-]#[N+]c1ccc(N[C@H](CO)C(=O)O)c(C)c1Cl. The Bertz CT molecular complexity index is 2690. The summed E-state index contributed by atoms with van der Waals surface area (Å²) in [5, 5.41) is 49.3. The van der Waals surface area contributed by atoms with Gasteiger partial charge in [-0.2, -0.15) is 0 Å². The maximum absolute atomic E-state index is 12.2. The number of aliphatic hydroxyl groups excluding tert-OH is 2. The Hall–Kier alpha value is -8.22. The van der Waals surface area contributed by atoms with Crippen LogP contribution >= 0.6 is 23.2 Å². The van der Waals surface area contributed by atoms with Gasteiger partial charge in [-0.3, -0.25) is 30.7 Å². The van der Waals surface area contributed by atoms with Crippen LogP contribution in [0.3, 0.4) is 0 Å². The number of aliphatic hydroxyl groups is 2. The van der Waals surface area contributed by atoms with Gasteiger partial charge in [0.1, 0.15) is 24.5 Å². The highest BCUT2D eigenvalue weighted by molar-refractivity contribution is 6.35. The number of fused-ring (bicyclic) bond motifs is 1. The molecule has 0 bridgehead atoms. The number of benzene rings is 5. The summed E-state index contributed by atoms with van der Waals surface area (Å²) in [7, 11) is 0. The minimum Gasteiger partial charge on any atom is -0.480 e. The van der Waals surface area contributed by atoms with Gasteiger partial charge in [0.2, 0.25) is 11.4 Å². The van der Waals surface area contributed by atoms with Crippen LogP contribution in [0, 0.1) is 39.8 Å². The van der Waals surface area contributed by atoms with Gasteiger partial charge in [0.15, 0.2) is 0 Å². The Morgan fingerprint density at radius 2 is 1.20 bits per heavy atom. The minimum absolute atomic E-state index is 0.263. The van der Waals surface area contributed by atoms with Crippen LogP contribution in [0.5, 0.6) is 0 Å². The van der Waals surface area contributed by atoms with Crippen LogP contribution in [0.4, 0.5) is 22.7 Å². The molecule has 1 aromatic heterocycles. The zero-order valence-corrected chi connectivity index (χ0v) is 36.0. The molecule has 1 heterocycles. The molecular formula is C44H43Cl2N11O8. The van der Waals surface area contributed by atoms with Gasteiger partial charge in [-0.1, -0.05) is 88.7 Å². The molecule has 0 aliphatic rings. The first kappa shape index (κ1) is 51.1. The van der Waals surface area contributed by atoms with E-state index < -0.39 is 43.1 Å². The van der Waals surface area contributed by atoms with Crippen LogP contribution in [0.1, 0.15) is 33.2 Å². The van der Waals surface area contributed by atoms with Crippen molar-refractivity contribution in [2.75, 3.05) is 23.8 Å². The molecule has 0 fully saturated rings. The van der Waals surface area contributed by atoms with Gasteiger partial charge in [-0.05, 0) is 78.7 Å². The third-order valence-electron chi connectivity index (χ3n) is 8.45. The summed E-state index contributed by atoms with van der Waals surface area (Å²) in [6.07, 6.45) is 5.76. The average Bonchev–Trinajstić information content (AvgIpc) is 3.72. The van der Waals surface area contributed by atoms with Crippen LogP contribution in [-0.2, 0) is 9.59 Å². The number of carbonyl (C=O) groups excluding carboxylic acids is 3. The number of nitrogens with one attached hydrogen (secondary N) is 5. The first-order valence-electron chi connectivity index (χ1n) is 19.0. The summed E-state index contributed by atoms with van der Waals surface area (Å²) >= 11 is 12.0. The zero-order chi connectivity index (χ0) is 49.2. The van der Waals surface area contributed by atoms with Gasteiger partial charge in [-0.25, -0.2) is 20.3 Å². The molecule has 6 rings (SSSR count). The van der Waals surface area contributed by atoms with Crippen molar-refractivity contribution < 1.29 is 41.1 Å². The fourth-order valence-corrected chi connectivity index (χ4v) is 5.39. The van der Waals surface area contributed by atoms with Crippen molar-refractivity contribution >= 4 is 80.7 Å².